The quantitative estimate of drug-likeness (QED) is 0.844. The molecule has 2 aromatic rings. The molecule has 0 fully saturated rings. The van der Waals surface area contributed by atoms with Crippen molar-refractivity contribution >= 4 is 29.1 Å². The van der Waals surface area contributed by atoms with E-state index in [0.29, 0.717) is 16.7 Å². The monoisotopic (exact) mass is 346 g/mol. The molecule has 128 valence electrons. The zero-order valence-electron chi connectivity index (χ0n) is 14.6. The lowest BCUT2D eigenvalue weighted by Crippen LogP contribution is -2.28. The van der Waals surface area contributed by atoms with E-state index in [0.717, 1.165) is 36.3 Å². The van der Waals surface area contributed by atoms with Gasteiger partial charge in [0.15, 0.2) is 0 Å². The first-order valence-corrected chi connectivity index (χ1v) is 8.43. The van der Waals surface area contributed by atoms with E-state index < -0.39 is 0 Å². The van der Waals surface area contributed by atoms with Gasteiger partial charge in [-0.05, 0) is 50.1 Å². The zero-order chi connectivity index (χ0) is 17.7. The molecular weight excluding hydrogens is 324 g/mol. The van der Waals surface area contributed by atoms with E-state index in [4.69, 9.17) is 11.6 Å². The largest absolute Gasteiger partial charge is 0.340 e. The maximum Gasteiger partial charge on any atom is 0.272 e. The van der Waals surface area contributed by atoms with Crippen molar-refractivity contribution in [1.82, 2.24) is 14.9 Å². The lowest BCUT2D eigenvalue weighted by molar-refractivity contribution is 0.0787. The van der Waals surface area contributed by atoms with Crippen LogP contribution in [0.5, 0.6) is 0 Å². The van der Waals surface area contributed by atoms with Crippen LogP contribution < -0.4 is 5.32 Å². The summed E-state index contributed by atoms with van der Waals surface area (Å²) < 4.78 is 0. The number of unbranched alkanes of at least 4 members (excludes halogenated alkanes) is 1. The van der Waals surface area contributed by atoms with E-state index in [1.54, 1.807) is 24.1 Å². The molecule has 1 aromatic carbocycles. The molecule has 5 nitrogen and oxygen atoms in total. The Balaban J connectivity index is 2.23. The van der Waals surface area contributed by atoms with Crippen molar-refractivity contribution in [2.24, 2.45) is 0 Å². The normalized spacial score (nSPS) is 10.5. The molecule has 1 amide bonds. The highest BCUT2D eigenvalue weighted by atomic mass is 35.5. The van der Waals surface area contributed by atoms with Crippen LogP contribution in [0.25, 0.3) is 0 Å². The van der Waals surface area contributed by atoms with E-state index in [1.165, 1.54) is 0 Å². The van der Waals surface area contributed by atoms with Crippen LogP contribution in [0.1, 0.15) is 41.5 Å². The fourth-order valence-corrected chi connectivity index (χ4v) is 2.54. The molecule has 1 aromatic heterocycles. The second kappa shape index (κ2) is 8.11. The number of aryl methyl sites for hydroxylation is 2. The second-order valence-corrected chi connectivity index (χ2v) is 6.32. The first-order valence-electron chi connectivity index (χ1n) is 8.05. The number of amides is 1. The van der Waals surface area contributed by atoms with E-state index in [-0.39, 0.29) is 5.91 Å². The molecule has 0 bridgehead atoms. The summed E-state index contributed by atoms with van der Waals surface area (Å²) in [5.41, 5.74) is 2.99. The number of nitrogens with zero attached hydrogens (tertiary/aromatic N) is 3. The van der Waals surface area contributed by atoms with Gasteiger partial charge in [-0.3, -0.25) is 4.79 Å². The molecule has 0 spiro atoms. The van der Waals surface area contributed by atoms with Crippen molar-refractivity contribution in [1.29, 1.82) is 0 Å². The van der Waals surface area contributed by atoms with Crippen LogP contribution in [0, 0.1) is 13.8 Å². The average Bonchev–Trinajstić information content (AvgIpc) is 2.54. The van der Waals surface area contributed by atoms with Gasteiger partial charge < -0.3 is 10.2 Å². The van der Waals surface area contributed by atoms with E-state index >= 15 is 0 Å². The standard InChI is InChI=1S/C18H23ClN4O/c1-5-6-9-23(4)17(24)16-11-13(3)20-18(22-16)21-15-8-7-14(19)10-12(15)2/h7-8,10-11H,5-6,9H2,1-4H3,(H,20,21,22). The molecule has 6 heteroatoms. The number of halogens is 1. The van der Waals surface area contributed by atoms with Crippen molar-refractivity contribution in [3.63, 3.8) is 0 Å². The summed E-state index contributed by atoms with van der Waals surface area (Å²) in [6.07, 6.45) is 2.02. The molecule has 24 heavy (non-hydrogen) atoms. The highest BCUT2D eigenvalue weighted by Gasteiger charge is 2.15. The fourth-order valence-electron chi connectivity index (χ4n) is 2.31. The van der Waals surface area contributed by atoms with E-state index in [1.807, 2.05) is 26.0 Å². The maximum atomic E-state index is 12.5. The average molecular weight is 347 g/mol. The number of carbonyl (C=O) groups is 1. The smallest absolute Gasteiger partial charge is 0.272 e. The number of hydrogen-bond acceptors (Lipinski definition) is 4. The van der Waals surface area contributed by atoms with Crippen LogP contribution in [-0.4, -0.2) is 34.4 Å². The molecule has 0 atom stereocenters. The molecule has 2 rings (SSSR count). The Hall–Kier alpha value is -2.14. The van der Waals surface area contributed by atoms with Gasteiger partial charge in [-0.1, -0.05) is 24.9 Å². The summed E-state index contributed by atoms with van der Waals surface area (Å²) in [7, 11) is 1.80. The van der Waals surface area contributed by atoms with Gasteiger partial charge in [0, 0.05) is 30.0 Å². The van der Waals surface area contributed by atoms with Crippen molar-refractivity contribution in [2.75, 3.05) is 18.9 Å². The number of anilines is 2. The Morgan fingerprint density at radius 1 is 1.25 bits per heavy atom. The molecule has 0 aliphatic carbocycles. The van der Waals surface area contributed by atoms with Gasteiger partial charge in [0.1, 0.15) is 5.69 Å². The van der Waals surface area contributed by atoms with Gasteiger partial charge in [0.25, 0.3) is 5.91 Å². The van der Waals surface area contributed by atoms with Gasteiger partial charge in [0.2, 0.25) is 5.95 Å². The van der Waals surface area contributed by atoms with Crippen LogP contribution >= 0.6 is 11.6 Å². The molecule has 0 radical (unpaired) electrons. The molecular formula is C18H23ClN4O. The van der Waals surface area contributed by atoms with Crippen LogP contribution in [-0.2, 0) is 0 Å². The zero-order valence-corrected chi connectivity index (χ0v) is 15.3. The minimum absolute atomic E-state index is 0.0928. The minimum atomic E-state index is -0.0928. The molecule has 0 saturated carbocycles. The molecule has 1 N–H and O–H groups in total. The summed E-state index contributed by atoms with van der Waals surface area (Å²) in [6, 6.07) is 7.25. The third kappa shape index (κ3) is 4.68. The van der Waals surface area contributed by atoms with E-state index in [9.17, 15) is 4.79 Å². The summed E-state index contributed by atoms with van der Waals surface area (Å²) >= 11 is 5.98. The number of nitrogens with one attached hydrogen (secondary N) is 1. The Morgan fingerprint density at radius 3 is 2.67 bits per heavy atom. The number of rotatable bonds is 6. The van der Waals surface area contributed by atoms with Crippen LogP contribution in [0.2, 0.25) is 5.02 Å². The number of carbonyl (C=O) groups excluding carboxylic acids is 1. The third-order valence-corrected chi connectivity index (χ3v) is 3.94. The summed E-state index contributed by atoms with van der Waals surface area (Å²) in [5, 5.41) is 3.84. The van der Waals surface area contributed by atoms with Crippen LogP contribution in [0.3, 0.4) is 0 Å². The highest BCUT2D eigenvalue weighted by Crippen LogP contribution is 2.22. The predicted octanol–water partition coefficient (Wildman–Crippen LogP) is 4.36. The summed E-state index contributed by atoms with van der Waals surface area (Å²) in [5.74, 6) is 0.317. The number of benzene rings is 1. The Morgan fingerprint density at radius 2 is 2.00 bits per heavy atom. The second-order valence-electron chi connectivity index (χ2n) is 5.88. The van der Waals surface area contributed by atoms with Crippen LogP contribution in [0.15, 0.2) is 24.3 Å². The van der Waals surface area contributed by atoms with Gasteiger partial charge in [-0.15, -0.1) is 0 Å². The Kier molecular flexibility index (Phi) is 6.15. The van der Waals surface area contributed by atoms with Gasteiger partial charge in [0.05, 0.1) is 0 Å². The first kappa shape index (κ1) is 18.2. The summed E-state index contributed by atoms with van der Waals surface area (Å²) in [4.78, 5) is 23.0. The number of aromatic nitrogens is 2. The van der Waals surface area contributed by atoms with Crippen molar-refractivity contribution in [3.05, 3.63) is 46.2 Å². The third-order valence-electron chi connectivity index (χ3n) is 3.70. The van der Waals surface area contributed by atoms with E-state index in [2.05, 4.69) is 22.2 Å². The molecule has 0 aliphatic heterocycles. The SMILES string of the molecule is CCCCN(C)C(=O)c1cc(C)nc(Nc2ccc(Cl)cc2C)n1. The molecule has 1 heterocycles. The molecule has 0 unspecified atom stereocenters. The molecule has 0 aliphatic rings. The molecule has 0 saturated heterocycles. The topological polar surface area (TPSA) is 58.1 Å². The van der Waals surface area contributed by atoms with Gasteiger partial charge >= 0.3 is 0 Å². The summed E-state index contributed by atoms with van der Waals surface area (Å²) in [6.45, 7) is 6.63. The lowest BCUT2D eigenvalue weighted by Gasteiger charge is -2.17. The predicted molar refractivity (Wildman–Crippen MR) is 98.1 cm³/mol. The fraction of sp³-hybridized carbons (Fsp3) is 0.389. The van der Waals surface area contributed by atoms with Gasteiger partial charge in [-0.25, -0.2) is 9.97 Å². The number of hydrogen-bond donors (Lipinski definition) is 1. The van der Waals surface area contributed by atoms with Gasteiger partial charge in [-0.2, -0.15) is 0 Å². The first-order chi connectivity index (χ1) is 11.4. The van der Waals surface area contributed by atoms with Crippen molar-refractivity contribution < 1.29 is 4.79 Å². The highest BCUT2D eigenvalue weighted by molar-refractivity contribution is 6.30. The minimum Gasteiger partial charge on any atom is -0.340 e. The van der Waals surface area contributed by atoms with Crippen molar-refractivity contribution in [3.8, 4) is 0 Å². The van der Waals surface area contributed by atoms with Crippen molar-refractivity contribution in [2.45, 2.75) is 33.6 Å². The van der Waals surface area contributed by atoms with Crippen LogP contribution in [0.4, 0.5) is 11.6 Å². The lowest BCUT2D eigenvalue weighted by atomic mass is 10.2. The Bertz CT molecular complexity index is 733. The maximum absolute atomic E-state index is 12.5. The Labute approximate surface area is 148 Å².